The first-order valence-electron chi connectivity index (χ1n) is 11.6. The summed E-state index contributed by atoms with van der Waals surface area (Å²) in [6, 6.07) is 19.8. The molecule has 2 heterocycles. The Balaban J connectivity index is 1.56. The molecule has 0 radical (unpaired) electrons. The van der Waals surface area contributed by atoms with E-state index in [1.54, 1.807) is 12.3 Å². The lowest BCUT2D eigenvalue weighted by atomic mass is 9.83. The highest BCUT2D eigenvalue weighted by molar-refractivity contribution is 5.97. The molecule has 33 heavy (non-hydrogen) atoms. The molecule has 1 atom stereocenters. The number of amides is 1. The summed E-state index contributed by atoms with van der Waals surface area (Å²) in [4.78, 5) is 30.0. The summed E-state index contributed by atoms with van der Waals surface area (Å²) < 4.78 is 0. The number of carbonyl (C=O) groups excluding carboxylic acids is 2. The van der Waals surface area contributed by atoms with E-state index in [0.29, 0.717) is 12.0 Å². The zero-order valence-electron chi connectivity index (χ0n) is 19.3. The highest BCUT2D eigenvalue weighted by Crippen LogP contribution is 2.32. The molecule has 170 valence electrons. The van der Waals surface area contributed by atoms with Crippen molar-refractivity contribution in [1.29, 1.82) is 0 Å². The van der Waals surface area contributed by atoms with Gasteiger partial charge < -0.3 is 10.6 Å². The summed E-state index contributed by atoms with van der Waals surface area (Å²) >= 11 is 0. The molecule has 3 aromatic rings. The van der Waals surface area contributed by atoms with Crippen LogP contribution >= 0.6 is 0 Å². The molecule has 0 aliphatic carbocycles. The van der Waals surface area contributed by atoms with Crippen LogP contribution in [0.1, 0.15) is 57.9 Å². The normalized spacial score (nSPS) is 15.1. The molecular formula is C28H31N3O2. The average Bonchev–Trinajstić information content (AvgIpc) is 2.84. The molecule has 0 spiro atoms. The van der Waals surface area contributed by atoms with Crippen molar-refractivity contribution in [3.63, 3.8) is 0 Å². The van der Waals surface area contributed by atoms with Gasteiger partial charge in [0.15, 0.2) is 5.78 Å². The third-order valence-electron chi connectivity index (χ3n) is 6.46. The second kappa shape index (κ2) is 10.5. The molecule has 1 aliphatic rings. The van der Waals surface area contributed by atoms with Crippen LogP contribution in [0.4, 0.5) is 5.69 Å². The van der Waals surface area contributed by atoms with Gasteiger partial charge in [0, 0.05) is 41.4 Å². The van der Waals surface area contributed by atoms with E-state index in [-0.39, 0.29) is 23.5 Å². The quantitative estimate of drug-likeness (QED) is 0.504. The Morgan fingerprint density at radius 3 is 2.45 bits per heavy atom. The largest absolute Gasteiger partial charge is 0.326 e. The van der Waals surface area contributed by atoms with Crippen molar-refractivity contribution in [2.24, 2.45) is 5.92 Å². The van der Waals surface area contributed by atoms with Crippen LogP contribution in [-0.2, 0) is 4.79 Å². The van der Waals surface area contributed by atoms with Crippen LogP contribution in [0, 0.1) is 19.8 Å². The smallest absolute Gasteiger partial charge is 0.227 e. The van der Waals surface area contributed by atoms with Crippen LogP contribution in [-0.4, -0.2) is 29.8 Å². The summed E-state index contributed by atoms with van der Waals surface area (Å²) in [6.07, 6.45) is 3.80. The zero-order valence-corrected chi connectivity index (χ0v) is 19.3. The third-order valence-corrected chi connectivity index (χ3v) is 6.46. The number of anilines is 1. The zero-order chi connectivity index (χ0) is 23.2. The maximum absolute atomic E-state index is 13.2. The van der Waals surface area contributed by atoms with Gasteiger partial charge >= 0.3 is 0 Å². The summed E-state index contributed by atoms with van der Waals surface area (Å²) in [7, 11) is 0. The van der Waals surface area contributed by atoms with Gasteiger partial charge in [-0.2, -0.15) is 0 Å². The van der Waals surface area contributed by atoms with E-state index >= 15 is 0 Å². The maximum atomic E-state index is 13.2. The minimum Gasteiger partial charge on any atom is -0.326 e. The standard InChI is InChI=1S/C28H31N3O2/c1-19-5-3-4-6-25(19)26(18-27(32)23-13-16-30-20(2)17-23)21-7-9-24(10-8-21)31-28(33)22-11-14-29-15-12-22/h3-10,13,16-17,22,26,29H,11-12,14-15,18H2,1-2H3,(H,31,33)/t26-/m1/s1. The van der Waals surface area contributed by atoms with Gasteiger partial charge in [-0.05, 0) is 80.7 Å². The van der Waals surface area contributed by atoms with Gasteiger partial charge in [0.05, 0.1) is 0 Å². The molecule has 1 amide bonds. The minimum absolute atomic E-state index is 0.0621. The average molecular weight is 442 g/mol. The SMILES string of the molecule is Cc1cc(C(=O)C[C@H](c2ccc(NC(=O)C3CCNCC3)cc2)c2ccccc2C)ccn1. The van der Waals surface area contributed by atoms with Crippen LogP contribution in [0.25, 0.3) is 0 Å². The molecule has 1 aromatic heterocycles. The molecule has 0 unspecified atom stereocenters. The first-order valence-corrected chi connectivity index (χ1v) is 11.6. The van der Waals surface area contributed by atoms with Crippen molar-refractivity contribution in [3.8, 4) is 0 Å². The van der Waals surface area contributed by atoms with Gasteiger partial charge in [-0.15, -0.1) is 0 Å². The molecule has 1 saturated heterocycles. The first kappa shape index (κ1) is 22.9. The van der Waals surface area contributed by atoms with Crippen molar-refractivity contribution in [2.75, 3.05) is 18.4 Å². The van der Waals surface area contributed by atoms with Crippen LogP contribution in [0.2, 0.25) is 0 Å². The van der Waals surface area contributed by atoms with E-state index in [0.717, 1.165) is 54.0 Å². The van der Waals surface area contributed by atoms with E-state index < -0.39 is 0 Å². The van der Waals surface area contributed by atoms with Crippen LogP contribution in [0.5, 0.6) is 0 Å². The fraction of sp³-hybridized carbons (Fsp3) is 0.321. The number of nitrogens with zero attached hydrogens (tertiary/aromatic N) is 1. The Bertz CT molecular complexity index is 1120. The summed E-state index contributed by atoms with van der Waals surface area (Å²) in [6.45, 7) is 5.75. The lowest BCUT2D eigenvalue weighted by molar-refractivity contribution is -0.120. The number of aryl methyl sites for hydroxylation is 2. The summed E-state index contributed by atoms with van der Waals surface area (Å²) in [5.41, 5.74) is 5.67. The van der Waals surface area contributed by atoms with E-state index in [1.165, 1.54) is 0 Å². The number of ketones is 1. The highest BCUT2D eigenvalue weighted by atomic mass is 16.2. The second-order valence-electron chi connectivity index (χ2n) is 8.86. The topological polar surface area (TPSA) is 71.1 Å². The predicted octanol–water partition coefficient (Wildman–Crippen LogP) is 5.04. The molecule has 0 saturated carbocycles. The molecule has 2 N–H and O–H groups in total. The van der Waals surface area contributed by atoms with Crippen molar-refractivity contribution >= 4 is 17.4 Å². The number of carbonyl (C=O) groups is 2. The monoisotopic (exact) mass is 441 g/mol. The van der Waals surface area contributed by atoms with Gasteiger partial charge in [-0.1, -0.05) is 36.4 Å². The number of nitrogens with one attached hydrogen (secondary N) is 2. The number of pyridine rings is 1. The van der Waals surface area contributed by atoms with E-state index in [4.69, 9.17) is 0 Å². The van der Waals surface area contributed by atoms with Gasteiger partial charge in [-0.3, -0.25) is 14.6 Å². The van der Waals surface area contributed by atoms with E-state index in [9.17, 15) is 9.59 Å². The number of hydrogen-bond donors (Lipinski definition) is 2. The van der Waals surface area contributed by atoms with Crippen molar-refractivity contribution < 1.29 is 9.59 Å². The van der Waals surface area contributed by atoms with E-state index in [2.05, 4.69) is 34.7 Å². The van der Waals surface area contributed by atoms with Crippen LogP contribution in [0.15, 0.2) is 66.9 Å². The molecule has 5 nitrogen and oxygen atoms in total. The van der Waals surface area contributed by atoms with Crippen LogP contribution in [0.3, 0.4) is 0 Å². The number of hydrogen-bond acceptors (Lipinski definition) is 4. The molecule has 1 fully saturated rings. The Morgan fingerprint density at radius 2 is 1.76 bits per heavy atom. The minimum atomic E-state index is -0.0682. The lowest BCUT2D eigenvalue weighted by Crippen LogP contribution is -2.34. The molecule has 4 rings (SSSR count). The molecule has 5 heteroatoms. The fourth-order valence-corrected chi connectivity index (χ4v) is 4.53. The Labute approximate surface area is 195 Å². The Hall–Kier alpha value is -3.31. The number of benzene rings is 2. The number of rotatable bonds is 7. The Kier molecular flexibility index (Phi) is 7.30. The number of aromatic nitrogens is 1. The highest BCUT2D eigenvalue weighted by Gasteiger charge is 2.23. The fourth-order valence-electron chi connectivity index (χ4n) is 4.53. The Morgan fingerprint density at radius 1 is 1.03 bits per heavy atom. The van der Waals surface area contributed by atoms with Gasteiger partial charge in [0.25, 0.3) is 0 Å². The molecule has 1 aliphatic heterocycles. The van der Waals surface area contributed by atoms with Gasteiger partial charge in [0.1, 0.15) is 0 Å². The number of piperidine rings is 1. The van der Waals surface area contributed by atoms with Crippen molar-refractivity contribution in [3.05, 3.63) is 94.8 Å². The van der Waals surface area contributed by atoms with Crippen LogP contribution < -0.4 is 10.6 Å². The summed E-state index contributed by atoms with van der Waals surface area (Å²) in [5.74, 6) is 0.174. The van der Waals surface area contributed by atoms with Crippen molar-refractivity contribution in [2.45, 2.75) is 39.0 Å². The lowest BCUT2D eigenvalue weighted by Gasteiger charge is -2.22. The van der Waals surface area contributed by atoms with E-state index in [1.807, 2.05) is 49.4 Å². The molecule has 0 bridgehead atoms. The molecule has 2 aromatic carbocycles. The maximum Gasteiger partial charge on any atom is 0.227 e. The third kappa shape index (κ3) is 5.74. The molecular weight excluding hydrogens is 410 g/mol. The van der Waals surface area contributed by atoms with Gasteiger partial charge in [0.2, 0.25) is 5.91 Å². The van der Waals surface area contributed by atoms with Gasteiger partial charge in [-0.25, -0.2) is 0 Å². The second-order valence-corrected chi connectivity index (χ2v) is 8.86. The predicted molar refractivity (Wildman–Crippen MR) is 132 cm³/mol. The number of Topliss-reactive ketones (excluding diaryl/α,β-unsaturated/α-hetero) is 1. The van der Waals surface area contributed by atoms with Crippen molar-refractivity contribution in [1.82, 2.24) is 10.3 Å². The first-order chi connectivity index (χ1) is 16.0. The summed E-state index contributed by atoms with van der Waals surface area (Å²) in [5, 5.41) is 6.35.